The highest BCUT2D eigenvalue weighted by Crippen LogP contribution is 2.38. The van der Waals surface area contributed by atoms with Crippen LogP contribution in [-0.4, -0.2) is 26.3 Å². The summed E-state index contributed by atoms with van der Waals surface area (Å²) in [5.41, 5.74) is 2.64. The molecule has 0 aromatic heterocycles. The number of nitro benzene ring substituents is 1. The lowest BCUT2D eigenvalue weighted by atomic mass is 10.1. The van der Waals surface area contributed by atoms with Gasteiger partial charge >= 0.3 is 0 Å². The summed E-state index contributed by atoms with van der Waals surface area (Å²) in [6.45, 7) is 2.33. The maximum atomic E-state index is 10.8. The van der Waals surface area contributed by atoms with Gasteiger partial charge in [-0.3, -0.25) is 10.1 Å². The average molecular weight is 332 g/mol. The molecule has 2 aromatic rings. The first-order chi connectivity index (χ1) is 11.5. The highest BCUT2D eigenvalue weighted by Gasteiger charge is 2.13. The van der Waals surface area contributed by atoms with E-state index < -0.39 is 4.92 Å². The van der Waals surface area contributed by atoms with E-state index in [0.29, 0.717) is 23.8 Å². The van der Waals surface area contributed by atoms with E-state index in [1.807, 2.05) is 19.1 Å². The number of aryl methyl sites for hydroxylation is 1. The van der Waals surface area contributed by atoms with Crippen LogP contribution in [0.15, 0.2) is 30.3 Å². The Morgan fingerprint density at radius 1 is 1.04 bits per heavy atom. The van der Waals surface area contributed by atoms with E-state index >= 15 is 0 Å². The van der Waals surface area contributed by atoms with E-state index in [2.05, 4.69) is 5.32 Å². The molecule has 1 N–H and O–H groups in total. The second-order valence-electron chi connectivity index (χ2n) is 5.14. The predicted octanol–water partition coefficient (Wildman–Crippen LogP) is 3.54. The minimum absolute atomic E-state index is 0.0748. The maximum absolute atomic E-state index is 10.8. The monoisotopic (exact) mass is 332 g/mol. The summed E-state index contributed by atoms with van der Waals surface area (Å²) in [6, 6.07) is 8.43. The topological polar surface area (TPSA) is 82.9 Å². The lowest BCUT2D eigenvalue weighted by Gasteiger charge is -2.15. The molecule has 0 radical (unpaired) electrons. The highest BCUT2D eigenvalue weighted by molar-refractivity contribution is 5.57. The van der Waals surface area contributed by atoms with Crippen molar-refractivity contribution in [1.29, 1.82) is 0 Å². The molecule has 0 heterocycles. The standard InChI is InChI=1S/C17H20N2O5/c1-11-7-13(19(20)21)5-6-14(11)18-10-12-8-15(22-2)17(24-4)16(9-12)23-3/h5-9,18H,10H2,1-4H3. The third kappa shape index (κ3) is 3.68. The lowest BCUT2D eigenvalue weighted by molar-refractivity contribution is -0.384. The fourth-order valence-corrected chi connectivity index (χ4v) is 2.39. The third-order valence-corrected chi connectivity index (χ3v) is 3.63. The Morgan fingerprint density at radius 2 is 1.67 bits per heavy atom. The minimum atomic E-state index is -0.407. The zero-order valence-electron chi connectivity index (χ0n) is 14.1. The van der Waals surface area contributed by atoms with Gasteiger partial charge in [-0.05, 0) is 36.2 Å². The van der Waals surface area contributed by atoms with Gasteiger partial charge < -0.3 is 19.5 Å². The van der Waals surface area contributed by atoms with Crippen molar-refractivity contribution in [2.75, 3.05) is 26.6 Å². The van der Waals surface area contributed by atoms with Crippen molar-refractivity contribution in [2.45, 2.75) is 13.5 Å². The van der Waals surface area contributed by atoms with Gasteiger partial charge in [0.1, 0.15) is 0 Å². The van der Waals surface area contributed by atoms with Crippen LogP contribution < -0.4 is 19.5 Å². The van der Waals surface area contributed by atoms with Gasteiger partial charge in [0.15, 0.2) is 11.5 Å². The van der Waals surface area contributed by atoms with Gasteiger partial charge in [-0.1, -0.05) is 0 Å². The second kappa shape index (κ2) is 7.54. The van der Waals surface area contributed by atoms with Crippen LogP contribution in [0.2, 0.25) is 0 Å². The van der Waals surface area contributed by atoms with Crippen molar-refractivity contribution in [1.82, 2.24) is 0 Å². The number of hydrogen-bond donors (Lipinski definition) is 1. The van der Waals surface area contributed by atoms with E-state index in [-0.39, 0.29) is 5.69 Å². The summed E-state index contributed by atoms with van der Waals surface area (Å²) in [5.74, 6) is 1.69. The molecule has 128 valence electrons. The number of benzene rings is 2. The SMILES string of the molecule is COc1cc(CNc2ccc([N+](=O)[O-])cc2C)cc(OC)c1OC. The Bertz CT molecular complexity index is 721. The van der Waals surface area contributed by atoms with E-state index in [1.165, 1.54) is 12.1 Å². The molecule has 0 spiro atoms. The van der Waals surface area contributed by atoms with E-state index in [4.69, 9.17) is 14.2 Å². The molecule has 7 heteroatoms. The summed E-state index contributed by atoms with van der Waals surface area (Å²) in [5, 5.41) is 14.1. The largest absolute Gasteiger partial charge is 0.493 e. The number of nitrogens with one attached hydrogen (secondary N) is 1. The molecule has 0 saturated heterocycles. The molecule has 0 fully saturated rings. The third-order valence-electron chi connectivity index (χ3n) is 3.63. The molecule has 0 bridgehead atoms. The fourth-order valence-electron chi connectivity index (χ4n) is 2.39. The summed E-state index contributed by atoms with van der Waals surface area (Å²) in [7, 11) is 4.68. The number of non-ortho nitro benzene ring substituents is 1. The molecule has 2 rings (SSSR count). The van der Waals surface area contributed by atoms with E-state index in [9.17, 15) is 10.1 Å². The van der Waals surface area contributed by atoms with Gasteiger partial charge in [0.2, 0.25) is 5.75 Å². The molecule has 0 aliphatic heterocycles. The molecule has 0 unspecified atom stereocenters. The van der Waals surface area contributed by atoms with Crippen molar-refractivity contribution < 1.29 is 19.1 Å². The minimum Gasteiger partial charge on any atom is -0.493 e. The number of ether oxygens (including phenoxy) is 3. The summed E-state index contributed by atoms with van der Waals surface area (Å²) >= 11 is 0. The molecule has 2 aromatic carbocycles. The van der Waals surface area contributed by atoms with Gasteiger partial charge in [-0.25, -0.2) is 0 Å². The number of hydrogen-bond acceptors (Lipinski definition) is 6. The molecule has 0 saturated carbocycles. The van der Waals surface area contributed by atoms with Gasteiger partial charge in [0, 0.05) is 24.4 Å². The number of nitro groups is 1. The Hall–Kier alpha value is -2.96. The van der Waals surface area contributed by atoms with Gasteiger partial charge in [0.25, 0.3) is 5.69 Å². The van der Waals surface area contributed by atoms with Crippen LogP contribution in [0, 0.1) is 17.0 Å². The van der Waals surface area contributed by atoms with Crippen LogP contribution >= 0.6 is 0 Å². The van der Waals surface area contributed by atoms with Gasteiger partial charge in [-0.15, -0.1) is 0 Å². The number of nitrogens with zero attached hydrogens (tertiary/aromatic N) is 1. The van der Waals surface area contributed by atoms with Crippen LogP contribution in [0.5, 0.6) is 17.2 Å². The van der Waals surface area contributed by atoms with Crippen LogP contribution in [0.1, 0.15) is 11.1 Å². The Labute approximate surface area is 140 Å². The van der Waals surface area contributed by atoms with Crippen LogP contribution in [0.4, 0.5) is 11.4 Å². The van der Waals surface area contributed by atoms with Crippen molar-refractivity contribution in [2.24, 2.45) is 0 Å². The number of rotatable bonds is 7. The zero-order valence-corrected chi connectivity index (χ0v) is 14.1. The first-order valence-corrected chi connectivity index (χ1v) is 7.28. The first-order valence-electron chi connectivity index (χ1n) is 7.28. The Morgan fingerprint density at radius 3 is 2.12 bits per heavy atom. The second-order valence-corrected chi connectivity index (χ2v) is 5.14. The smallest absolute Gasteiger partial charge is 0.269 e. The fraction of sp³-hybridized carbons (Fsp3) is 0.294. The summed E-state index contributed by atoms with van der Waals surface area (Å²) < 4.78 is 16.0. The van der Waals surface area contributed by atoms with E-state index in [0.717, 1.165) is 16.8 Å². The van der Waals surface area contributed by atoms with Gasteiger partial charge in [-0.2, -0.15) is 0 Å². The average Bonchev–Trinajstić information content (AvgIpc) is 2.59. The van der Waals surface area contributed by atoms with Crippen molar-refractivity contribution >= 4 is 11.4 Å². The molecular weight excluding hydrogens is 312 g/mol. The quantitative estimate of drug-likeness (QED) is 0.617. The van der Waals surface area contributed by atoms with Crippen molar-refractivity contribution in [3.8, 4) is 17.2 Å². The molecule has 0 amide bonds. The zero-order chi connectivity index (χ0) is 17.7. The molecule has 0 aliphatic carbocycles. The number of methoxy groups -OCH3 is 3. The molecule has 0 aliphatic rings. The Balaban J connectivity index is 2.21. The molecule has 0 atom stereocenters. The maximum Gasteiger partial charge on any atom is 0.269 e. The van der Waals surface area contributed by atoms with Crippen molar-refractivity contribution in [3.63, 3.8) is 0 Å². The number of anilines is 1. The van der Waals surface area contributed by atoms with Crippen LogP contribution in [-0.2, 0) is 6.54 Å². The van der Waals surface area contributed by atoms with Crippen LogP contribution in [0.25, 0.3) is 0 Å². The molecule has 7 nitrogen and oxygen atoms in total. The highest BCUT2D eigenvalue weighted by atomic mass is 16.6. The molecule has 24 heavy (non-hydrogen) atoms. The van der Waals surface area contributed by atoms with Crippen LogP contribution in [0.3, 0.4) is 0 Å². The summed E-state index contributed by atoms with van der Waals surface area (Å²) in [4.78, 5) is 10.4. The normalized spacial score (nSPS) is 10.2. The van der Waals surface area contributed by atoms with E-state index in [1.54, 1.807) is 27.4 Å². The molecular formula is C17H20N2O5. The first kappa shape index (κ1) is 17.4. The van der Waals surface area contributed by atoms with Gasteiger partial charge in [0.05, 0.1) is 26.3 Å². The predicted molar refractivity (Wildman–Crippen MR) is 91.3 cm³/mol. The summed E-state index contributed by atoms with van der Waals surface area (Å²) in [6.07, 6.45) is 0. The lowest BCUT2D eigenvalue weighted by Crippen LogP contribution is -2.03. The van der Waals surface area contributed by atoms with Crippen molar-refractivity contribution in [3.05, 3.63) is 51.6 Å². The Kier molecular flexibility index (Phi) is 5.47.